The molecule has 1 atom stereocenters. The molecule has 1 unspecified atom stereocenters. The van der Waals surface area contributed by atoms with Crippen molar-refractivity contribution >= 4 is 27.3 Å². The van der Waals surface area contributed by atoms with Crippen molar-refractivity contribution in [3.05, 3.63) is 33.5 Å². The number of halogens is 1. The SMILES string of the molecule is CC(Cn1cncn1)NCc1ccc(Br)s1. The third-order valence-electron chi connectivity index (χ3n) is 2.18. The summed E-state index contributed by atoms with van der Waals surface area (Å²) in [6.45, 7) is 3.88. The monoisotopic (exact) mass is 300 g/mol. The molecular formula is C10H13BrN4S. The molecule has 0 aliphatic rings. The molecule has 2 aromatic rings. The average molecular weight is 301 g/mol. The summed E-state index contributed by atoms with van der Waals surface area (Å²) in [5.41, 5.74) is 0. The van der Waals surface area contributed by atoms with Crippen molar-refractivity contribution in [1.82, 2.24) is 20.1 Å². The summed E-state index contributed by atoms with van der Waals surface area (Å²) in [6, 6.07) is 4.58. The number of nitrogens with one attached hydrogen (secondary N) is 1. The van der Waals surface area contributed by atoms with Gasteiger partial charge in [0.15, 0.2) is 0 Å². The summed E-state index contributed by atoms with van der Waals surface area (Å²) in [4.78, 5) is 5.25. The second-order valence-electron chi connectivity index (χ2n) is 3.61. The molecule has 0 saturated heterocycles. The van der Waals surface area contributed by atoms with Crippen LogP contribution in [-0.2, 0) is 13.1 Å². The Hall–Kier alpha value is -0.720. The molecule has 4 nitrogen and oxygen atoms in total. The van der Waals surface area contributed by atoms with Crippen LogP contribution in [0.2, 0.25) is 0 Å². The van der Waals surface area contributed by atoms with Crippen LogP contribution < -0.4 is 5.32 Å². The van der Waals surface area contributed by atoms with E-state index in [1.54, 1.807) is 24.0 Å². The molecule has 0 bridgehead atoms. The predicted octanol–water partition coefficient (Wildman–Crippen LogP) is 2.28. The normalized spacial score (nSPS) is 12.9. The lowest BCUT2D eigenvalue weighted by Gasteiger charge is -2.12. The topological polar surface area (TPSA) is 42.7 Å². The van der Waals surface area contributed by atoms with Crippen LogP contribution in [0.15, 0.2) is 28.6 Å². The van der Waals surface area contributed by atoms with E-state index in [1.807, 2.05) is 4.68 Å². The summed E-state index contributed by atoms with van der Waals surface area (Å²) in [5.74, 6) is 0. The number of aromatic nitrogens is 3. The minimum Gasteiger partial charge on any atom is -0.308 e. The van der Waals surface area contributed by atoms with Gasteiger partial charge in [-0.3, -0.25) is 4.68 Å². The molecule has 16 heavy (non-hydrogen) atoms. The molecule has 86 valence electrons. The first kappa shape index (κ1) is 11.8. The van der Waals surface area contributed by atoms with Gasteiger partial charge in [0.1, 0.15) is 12.7 Å². The molecule has 0 radical (unpaired) electrons. The number of hydrogen-bond donors (Lipinski definition) is 1. The zero-order chi connectivity index (χ0) is 11.4. The number of hydrogen-bond acceptors (Lipinski definition) is 4. The van der Waals surface area contributed by atoms with Crippen molar-refractivity contribution in [2.75, 3.05) is 0 Å². The summed E-state index contributed by atoms with van der Waals surface area (Å²) in [5, 5.41) is 7.53. The van der Waals surface area contributed by atoms with E-state index in [-0.39, 0.29) is 0 Å². The van der Waals surface area contributed by atoms with Crippen molar-refractivity contribution in [2.24, 2.45) is 0 Å². The van der Waals surface area contributed by atoms with Gasteiger partial charge in [0.05, 0.1) is 10.3 Å². The van der Waals surface area contributed by atoms with Gasteiger partial charge in [-0.15, -0.1) is 11.3 Å². The highest BCUT2D eigenvalue weighted by Gasteiger charge is 2.04. The minimum absolute atomic E-state index is 0.377. The number of nitrogens with zero attached hydrogens (tertiary/aromatic N) is 3. The highest BCUT2D eigenvalue weighted by atomic mass is 79.9. The van der Waals surface area contributed by atoms with Gasteiger partial charge in [0.2, 0.25) is 0 Å². The lowest BCUT2D eigenvalue weighted by atomic mass is 10.3. The van der Waals surface area contributed by atoms with E-state index in [0.717, 1.165) is 13.1 Å². The molecule has 0 amide bonds. The van der Waals surface area contributed by atoms with Crippen LogP contribution in [0, 0.1) is 0 Å². The standard InChI is InChI=1S/C10H13BrN4S/c1-8(5-15-7-12-6-14-15)13-4-9-2-3-10(11)16-9/h2-3,6-8,13H,4-5H2,1H3. The Morgan fingerprint density at radius 1 is 1.56 bits per heavy atom. The lowest BCUT2D eigenvalue weighted by molar-refractivity contribution is 0.451. The smallest absolute Gasteiger partial charge is 0.137 e. The fourth-order valence-electron chi connectivity index (χ4n) is 1.39. The summed E-state index contributed by atoms with van der Waals surface area (Å²) < 4.78 is 3.01. The van der Waals surface area contributed by atoms with Gasteiger partial charge in [-0.1, -0.05) is 0 Å². The third kappa shape index (κ3) is 3.40. The molecule has 0 spiro atoms. The van der Waals surface area contributed by atoms with Crippen LogP contribution >= 0.6 is 27.3 Å². The van der Waals surface area contributed by atoms with Gasteiger partial charge < -0.3 is 5.32 Å². The molecule has 1 N–H and O–H groups in total. The Kier molecular flexibility index (Phi) is 4.09. The maximum absolute atomic E-state index is 4.08. The van der Waals surface area contributed by atoms with Gasteiger partial charge in [0.25, 0.3) is 0 Å². The lowest BCUT2D eigenvalue weighted by Crippen LogP contribution is -2.29. The van der Waals surface area contributed by atoms with Crippen molar-refractivity contribution in [1.29, 1.82) is 0 Å². The summed E-state index contributed by atoms with van der Waals surface area (Å²) >= 11 is 5.21. The van der Waals surface area contributed by atoms with E-state index in [2.05, 4.69) is 50.4 Å². The quantitative estimate of drug-likeness (QED) is 0.921. The van der Waals surface area contributed by atoms with Crippen LogP contribution in [-0.4, -0.2) is 20.8 Å². The molecule has 0 aliphatic carbocycles. The molecule has 2 heterocycles. The Morgan fingerprint density at radius 3 is 3.06 bits per heavy atom. The van der Waals surface area contributed by atoms with E-state index >= 15 is 0 Å². The summed E-state index contributed by atoms with van der Waals surface area (Å²) in [6.07, 6.45) is 3.29. The second kappa shape index (κ2) is 5.56. The second-order valence-corrected chi connectivity index (χ2v) is 6.15. The van der Waals surface area contributed by atoms with Crippen molar-refractivity contribution in [3.63, 3.8) is 0 Å². The van der Waals surface area contributed by atoms with Crippen molar-refractivity contribution < 1.29 is 0 Å². The zero-order valence-electron chi connectivity index (χ0n) is 8.93. The van der Waals surface area contributed by atoms with Gasteiger partial charge in [-0.25, -0.2) is 4.98 Å². The van der Waals surface area contributed by atoms with Crippen molar-refractivity contribution in [3.8, 4) is 0 Å². The number of thiophene rings is 1. The first-order valence-corrected chi connectivity index (χ1v) is 6.65. The van der Waals surface area contributed by atoms with Gasteiger partial charge in [-0.05, 0) is 35.0 Å². The van der Waals surface area contributed by atoms with Crippen LogP contribution in [0.25, 0.3) is 0 Å². The molecule has 0 aromatic carbocycles. The van der Waals surface area contributed by atoms with Gasteiger partial charge in [-0.2, -0.15) is 5.10 Å². The Bertz CT molecular complexity index is 426. The van der Waals surface area contributed by atoms with E-state index in [1.165, 1.54) is 8.66 Å². The zero-order valence-corrected chi connectivity index (χ0v) is 11.3. The Balaban J connectivity index is 1.77. The van der Waals surface area contributed by atoms with Crippen molar-refractivity contribution in [2.45, 2.75) is 26.1 Å². The maximum atomic E-state index is 4.08. The maximum Gasteiger partial charge on any atom is 0.137 e. The van der Waals surface area contributed by atoms with E-state index in [4.69, 9.17) is 0 Å². The Morgan fingerprint density at radius 2 is 2.44 bits per heavy atom. The number of rotatable bonds is 5. The largest absolute Gasteiger partial charge is 0.308 e. The predicted molar refractivity (Wildman–Crippen MR) is 68.3 cm³/mol. The first-order valence-electron chi connectivity index (χ1n) is 5.04. The first-order chi connectivity index (χ1) is 7.74. The third-order valence-corrected chi connectivity index (χ3v) is 3.80. The molecule has 2 rings (SSSR count). The van der Waals surface area contributed by atoms with Crippen LogP contribution in [0.3, 0.4) is 0 Å². The van der Waals surface area contributed by atoms with Gasteiger partial charge >= 0.3 is 0 Å². The van der Waals surface area contributed by atoms with Crippen LogP contribution in [0.4, 0.5) is 0 Å². The summed E-state index contributed by atoms with van der Waals surface area (Å²) in [7, 11) is 0. The highest BCUT2D eigenvalue weighted by Crippen LogP contribution is 2.21. The molecule has 2 aromatic heterocycles. The minimum atomic E-state index is 0.377. The average Bonchev–Trinajstić information content (AvgIpc) is 2.87. The van der Waals surface area contributed by atoms with E-state index in [9.17, 15) is 0 Å². The van der Waals surface area contributed by atoms with Crippen LogP contribution in [0.1, 0.15) is 11.8 Å². The van der Waals surface area contributed by atoms with Gasteiger partial charge in [0, 0.05) is 17.5 Å². The molecule has 0 aliphatic heterocycles. The fraction of sp³-hybridized carbons (Fsp3) is 0.400. The van der Waals surface area contributed by atoms with Crippen LogP contribution in [0.5, 0.6) is 0 Å². The highest BCUT2D eigenvalue weighted by molar-refractivity contribution is 9.11. The Labute approximate surface area is 107 Å². The molecular weight excluding hydrogens is 288 g/mol. The molecule has 0 fully saturated rings. The molecule has 0 saturated carbocycles. The fourth-order valence-corrected chi connectivity index (χ4v) is 2.83. The van der Waals surface area contributed by atoms with E-state index in [0.29, 0.717) is 6.04 Å². The van der Waals surface area contributed by atoms with E-state index < -0.39 is 0 Å². The molecule has 6 heteroatoms.